The topological polar surface area (TPSA) is 64.3 Å². The Balaban J connectivity index is 1.38. The minimum Gasteiger partial charge on any atom is -0.477 e. The highest BCUT2D eigenvalue weighted by Gasteiger charge is 2.14. The first-order valence-electron chi connectivity index (χ1n) is 14.2. The van der Waals surface area contributed by atoms with Gasteiger partial charge in [0.2, 0.25) is 0 Å². The summed E-state index contributed by atoms with van der Waals surface area (Å²) in [5.41, 5.74) is 5.18. The lowest BCUT2D eigenvalue weighted by atomic mass is 10.1. The van der Waals surface area contributed by atoms with E-state index in [-0.39, 0.29) is 5.57 Å². The molecule has 0 radical (unpaired) electrons. The summed E-state index contributed by atoms with van der Waals surface area (Å²) in [7, 11) is 0. The van der Waals surface area contributed by atoms with E-state index in [1.807, 2.05) is 41.7 Å². The van der Waals surface area contributed by atoms with E-state index < -0.39 is 5.97 Å². The van der Waals surface area contributed by atoms with Crippen molar-refractivity contribution in [2.45, 2.75) is 39.0 Å². The van der Waals surface area contributed by atoms with E-state index in [9.17, 15) is 4.79 Å². The number of thiophene rings is 2. The highest BCUT2D eigenvalue weighted by atomic mass is 32.1. The molecule has 0 atom stereocenters. The van der Waals surface area contributed by atoms with Crippen LogP contribution in [-0.2, 0) is 11.2 Å². The summed E-state index contributed by atoms with van der Waals surface area (Å²) in [6.45, 7) is 2.25. The van der Waals surface area contributed by atoms with E-state index in [1.54, 1.807) is 6.07 Å². The van der Waals surface area contributed by atoms with Gasteiger partial charge in [-0.15, -0.1) is 22.7 Å². The number of nitrogens with zero attached hydrogens (tertiary/aromatic N) is 2. The molecule has 0 aliphatic carbocycles. The zero-order chi connectivity index (χ0) is 29.3. The Bertz CT molecular complexity index is 1690. The van der Waals surface area contributed by atoms with Crippen molar-refractivity contribution in [3.05, 3.63) is 118 Å². The zero-order valence-corrected chi connectivity index (χ0v) is 25.1. The summed E-state index contributed by atoms with van der Waals surface area (Å²) in [6, 6.07) is 37.6. The van der Waals surface area contributed by atoms with Crippen LogP contribution in [0.4, 0.5) is 17.1 Å². The maximum Gasteiger partial charge on any atom is 0.346 e. The van der Waals surface area contributed by atoms with E-state index in [1.165, 1.54) is 58.4 Å². The van der Waals surface area contributed by atoms with Crippen LogP contribution < -0.4 is 4.90 Å². The number of nitriles is 1. The van der Waals surface area contributed by atoms with Gasteiger partial charge < -0.3 is 10.0 Å². The highest BCUT2D eigenvalue weighted by Crippen LogP contribution is 2.38. The molecule has 5 rings (SSSR count). The lowest BCUT2D eigenvalue weighted by molar-refractivity contribution is -0.132. The molecule has 0 aliphatic heterocycles. The number of hydrogen-bond donors (Lipinski definition) is 1. The second kappa shape index (κ2) is 14.0. The van der Waals surface area contributed by atoms with E-state index in [4.69, 9.17) is 10.4 Å². The van der Waals surface area contributed by atoms with Crippen LogP contribution in [-0.4, -0.2) is 11.1 Å². The minimum absolute atomic E-state index is 0.273. The van der Waals surface area contributed by atoms with Gasteiger partial charge in [-0.1, -0.05) is 68.7 Å². The largest absolute Gasteiger partial charge is 0.477 e. The van der Waals surface area contributed by atoms with E-state index in [2.05, 4.69) is 84.6 Å². The molecule has 0 amide bonds. The first-order valence-corrected chi connectivity index (χ1v) is 15.8. The maximum absolute atomic E-state index is 11.2. The number of carboxylic acids is 1. The molecule has 1 N–H and O–H groups in total. The molecule has 0 unspecified atom stereocenters. The van der Waals surface area contributed by atoms with Crippen molar-refractivity contribution in [3.8, 4) is 27.0 Å². The van der Waals surface area contributed by atoms with Crippen molar-refractivity contribution < 1.29 is 9.90 Å². The van der Waals surface area contributed by atoms with Crippen molar-refractivity contribution in [3.63, 3.8) is 0 Å². The number of hydrogen-bond acceptors (Lipinski definition) is 5. The summed E-state index contributed by atoms with van der Waals surface area (Å²) >= 11 is 3.35. The molecule has 5 aromatic rings. The van der Waals surface area contributed by atoms with Crippen LogP contribution in [0.5, 0.6) is 0 Å². The van der Waals surface area contributed by atoms with Gasteiger partial charge in [-0.2, -0.15) is 5.26 Å². The van der Waals surface area contributed by atoms with Gasteiger partial charge in [0.15, 0.2) is 0 Å². The molecule has 2 aromatic heterocycles. The van der Waals surface area contributed by atoms with Gasteiger partial charge in [0.25, 0.3) is 0 Å². The smallest absolute Gasteiger partial charge is 0.346 e. The van der Waals surface area contributed by atoms with Gasteiger partial charge in [0.1, 0.15) is 11.6 Å². The third kappa shape index (κ3) is 7.06. The summed E-state index contributed by atoms with van der Waals surface area (Å²) in [5.74, 6) is -1.22. The van der Waals surface area contributed by atoms with Crippen LogP contribution in [0.3, 0.4) is 0 Å². The van der Waals surface area contributed by atoms with Crippen molar-refractivity contribution in [1.29, 1.82) is 5.26 Å². The lowest BCUT2D eigenvalue weighted by Gasteiger charge is -2.25. The van der Waals surface area contributed by atoms with Crippen LogP contribution in [0.2, 0.25) is 0 Å². The third-order valence-electron chi connectivity index (χ3n) is 7.04. The molecule has 0 saturated carbocycles. The van der Waals surface area contributed by atoms with Crippen LogP contribution >= 0.6 is 22.7 Å². The van der Waals surface area contributed by atoms with Crippen molar-refractivity contribution in [2.24, 2.45) is 0 Å². The number of aliphatic carboxylic acids is 1. The molecule has 4 nitrogen and oxygen atoms in total. The van der Waals surface area contributed by atoms with E-state index in [0.29, 0.717) is 0 Å². The third-order valence-corrected chi connectivity index (χ3v) is 9.31. The maximum atomic E-state index is 11.2. The van der Waals surface area contributed by atoms with Gasteiger partial charge in [0.05, 0.1) is 0 Å². The van der Waals surface area contributed by atoms with E-state index >= 15 is 0 Å². The summed E-state index contributed by atoms with van der Waals surface area (Å²) < 4.78 is 0. The quantitative estimate of drug-likeness (QED) is 0.0894. The van der Waals surface area contributed by atoms with Gasteiger partial charge in [0, 0.05) is 36.6 Å². The molecule has 2 heterocycles. The standard InChI is InChI=1S/C36H32N2O2S2/c1-2-3-4-8-11-32-20-22-34(41-32)26-12-16-30(17-13-26)38(29-9-6-5-7-10-29)31-18-14-27(15-19-31)35-23-21-33(42-35)24-28(25-37)36(39)40/h5-7,9-10,12-24H,2-4,8,11H2,1H3,(H,39,40)/b28-24-. The molecular formula is C36H32N2O2S2. The first-order chi connectivity index (χ1) is 20.6. The molecule has 210 valence electrons. The lowest BCUT2D eigenvalue weighted by Crippen LogP contribution is -2.09. The Hall–Kier alpha value is -4.44. The normalized spacial score (nSPS) is 11.3. The fourth-order valence-corrected chi connectivity index (χ4v) is 6.85. The zero-order valence-electron chi connectivity index (χ0n) is 23.5. The molecule has 0 aliphatic rings. The molecule has 0 saturated heterocycles. The average Bonchev–Trinajstić information content (AvgIpc) is 3.70. The molecule has 6 heteroatoms. The number of anilines is 3. The molecule has 3 aromatic carbocycles. The second-order valence-electron chi connectivity index (χ2n) is 10.0. The van der Waals surface area contributed by atoms with Gasteiger partial charge in [-0.05, 0) is 90.7 Å². The monoisotopic (exact) mass is 588 g/mol. The van der Waals surface area contributed by atoms with Crippen LogP contribution in [0.15, 0.2) is 109 Å². The number of carboxylic acid groups (broad SMARTS) is 1. The number of rotatable bonds is 12. The molecule has 0 spiro atoms. The van der Waals surface area contributed by atoms with Crippen LogP contribution in [0.25, 0.3) is 27.0 Å². The van der Waals surface area contributed by atoms with Crippen LogP contribution in [0.1, 0.15) is 42.4 Å². The summed E-state index contributed by atoms with van der Waals surface area (Å²) in [4.78, 5) is 17.9. The molecule has 42 heavy (non-hydrogen) atoms. The van der Waals surface area contributed by atoms with Crippen molar-refractivity contribution >= 4 is 51.8 Å². The van der Waals surface area contributed by atoms with Gasteiger partial charge in [-0.25, -0.2) is 4.79 Å². The Labute approximate surface area is 255 Å². The molecular weight excluding hydrogens is 557 g/mol. The molecule has 0 bridgehead atoms. The fourth-order valence-electron chi connectivity index (χ4n) is 4.84. The van der Waals surface area contributed by atoms with E-state index in [0.717, 1.165) is 38.8 Å². The minimum atomic E-state index is -1.22. The predicted molar refractivity (Wildman–Crippen MR) is 177 cm³/mol. The number of unbranched alkanes of at least 4 members (excludes halogenated alkanes) is 3. The average molecular weight is 589 g/mol. The Morgan fingerprint density at radius 3 is 1.95 bits per heavy atom. The Morgan fingerprint density at radius 1 is 0.762 bits per heavy atom. The van der Waals surface area contributed by atoms with Gasteiger partial charge >= 0.3 is 5.97 Å². The molecule has 0 fully saturated rings. The summed E-state index contributed by atoms with van der Waals surface area (Å²) in [5, 5.41) is 18.2. The Kier molecular flexibility index (Phi) is 9.66. The second-order valence-corrected chi connectivity index (χ2v) is 12.3. The van der Waals surface area contributed by atoms with Crippen molar-refractivity contribution in [2.75, 3.05) is 4.90 Å². The van der Waals surface area contributed by atoms with Crippen LogP contribution in [0, 0.1) is 11.3 Å². The van der Waals surface area contributed by atoms with Gasteiger partial charge in [-0.3, -0.25) is 0 Å². The number of carbonyl (C=O) groups is 1. The SMILES string of the molecule is CCCCCCc1ccc(-c2ccc(N(c3ccccc3)c3ccc(-c4ccc(/C=C(/C#N)C(=O)O)s4)cc3)cc2)s1. The Morgan fingerprint density at radius 2 is 1.36 bits per heavy atom. The predicted octanol–water partition coefficient (Wildman–Crippen LogP) is 10.7. The first kappa shape index (κ1) is 29.1. The van der Waals surface area contributed by atoms with Crippen molar-refractivity contribution in [1.82, 2.24) is 0 Å². The summed E-state index contributed by atoms with van der Waals surface area (Å²) in [6.07, 6.45) is 7.71. The fraction of sp³-hybridized carbons (Fsp3) is 0.167. The highest BCUT2D eigenvalue weighted by molar-refractivity contribution is 7.16. The number of aryl methyl sites for hydroxylation is 1. The number of benzene rings is 3. The number of para-hydroxylation sites is 1.